The van der Waals surface area contributed by atoms with Crippen LogP contribution in [0.25, 0.3) is 0 Å². The Hall–Kier alpha value is -0.260. The Kier molecular flexibility index (Phi) is 6.82. The zero-order valence-corrected chi connectivity index (χ0v) is 9.48. The zero-order chi connectivity index (χ0) is 11.8. The molecule has 1 amide bonds. The summed E-state index contributed by atoms with van der Waals surface area (Å²) < 4.78 is 7.35. The van der Waals surface area contributed by atoms with Gasteiger partial charge in [-0.2, -0.15) is 11.8 Å². The minimum Gasteiger partial charge on any atom is -0.343 e. The minimum atomic E-state index is -1.04. The topological polar surface area (TPSA) is 72.2 Å². The number of hydrogen-bond donors (Lipinski definition) is 2. The maximum atomic E-state index is 11.5. The van der Waals surface area contributed by atoms with E-state index < -0.39 is 18.0 Å². The Morgan fingerprint density at radius 3 is 2.93 bits per heavy atom. The minimum absolute atomic E-state index is 0.145. The fourth-order valence-corrected chi connectivity index (χ4v) is 1.33. The molecule has 0 saturated heterocycles. The summed E-state index contributed by atoms with van der Waals surface area (Å²) in [5.41, 5.74) is 5.55. The SMILES string of the molecule is [2H]N(C(=O)[C@@H](N)CCSC)[C@H]([C]=O)CCl. The van der Waals surface area contributed by atoms with Crippen LogP contribution in [-0.2, 0) is 9.59 Å². The largest absolute Gasteiger partial charge is 0.343 e. The highest BCUT2D eigenvalue weighted by Gasteiger charge is 2.16. The maximum Gasteiger partial charge on any atom is 0.237 e. The molecule has 0 aliphatic heterocycles. The summed E-state index contributed by atoms with van der Waals surface area (Å²) in [6.07, 6.45) is 3.89. The van der Waals surface area contributed by atoms with Crippen molar-refractivity contribution >= 4 is 35.6 Å². The lowest BCUT2D eigenvalue weighted by Gasteiger charge is -2.13. The summed E-state index contributed by atoms with van der Waals surface area (Å²) >= 11 is 6.96. The standard InChI is InChI=1S/C8H14ClN2O2S/c1-14-3-2-7(10)8(13)11-6(4-9)5-12/h6-7H,2-4,10H2,1H3,(H,11,13)/t6-,7-/m0/s1/i/hD. The summed E-state index contributed by atoms with van der Waals surface area (Å²) in [5.74, 6) is -0.0107. The third kappa shape index (κ3) is 5.47. The highest BCUT2D eigenvalue weighted by Crippen LogP contribution is 1.99. The first-order chi connectivity index (χ1) is 7.08. The second kappa shape index (κ2) is 8.08. The maximum absolute atomic E-state index is 11.5. The van der Waals surface area contributed by atoms with Crippen LogP contribution in [0, 0.1) is 0 Å². The molecule has 14 heavy (non-hydrogen) atoms. The lowest BCUT2D eigenvalue weighted by atomic mass is 10.2. The van der Waals surface area contributed by atoms with Gasteiger partial charge in [-0.15, -0.1) is 11.6 Å². The van der Waals surface area contributed by atoms with E-state index in [0.717, 1.165) is 5.75 Å². The second-order valence-corrected chi connectivity index (χ2v) is 3.94. The van der Waals surface area contributed by atoms with E-state index in [-0.39, 0.29) is 5.88 Å². The van der Waals surface area contributed by atoms with Crippen LogP contribution in [0.4, 0.5) is 0 Å². The third-order valence-corrected chi connectivity index (χ3v) is 2.45. The van der Waals surface area contributed by atoms with Crippen molar-refractivity contribution in [2.45, 2.75) is 18.5 Å². The molecule has 0 aromatic heterocycles. The van der Waals surface area contributed by atoms with Crippen molar-refractivity contribution in [3.63, 3.8) is 0 Å². The van der Waals surface area contributed by atoms with Crippen molar-refractivity contribution in [2.75, 3.05) is 17.9 Å². The number of alkyl halides is 1. The van der Waals surface area contributed by atoms with Crippen LogP contribution in [0.3, 0.4) is 0 Å². The summed E-state index contributed by atoms with van der Waals surface area (Å²) in [7, 11) is 0. The molecular formula is C8H14ClN2O2S. The normalized spacial score (nSPS) is 15.5. The number of carbonyl (C=O) groups excluding carboxylic acids is 2. The van der Waals surface area contributed by atoms with Crippen LogP contribution in [-0.4, -0.2) is 42.2 Å². The Balaban J connectivity index is 4.22. The molecule has 4 nitrogen and oxygen atoms in total. The number of amides is 1. The van der Waals surface area contributed by atoms with Gasteiger partial charge in [0.1, 0.15) is 6.04 Å². The average molecular weight is 239 g/mol. The Morgan fingerprint density at radius 1 is 1.86 bits per heavy atom. The summed E-state index contributed by atoms with van der Waals surface area (Å²) in [6, 6.07) is -1.80. The van der Waals surface area contributed by atoms with Gasteiger partial charge >= 0.3 is 0 Å². The number of hydrogen-bond acceptors (Lipinski definition) is 4. The molecule has 81 valence electrons. The van der Waals surface area contributed by atoms with Gasteiger partial charge in [0.25, 0.3) is 0 Å². The van der Waals surface area contributed by atoms with Crippen LogP contribution in [0.1, 0.15) is 6.42 Å². The highest BCUT2D eigenvalue weighted by molar-refractivity contribution is 7.98. The number of halogens is 1. The summed E-state index contributed by atoms with van der Waals surface area (Å²) in [4.78, 5) is 21.8. The fourth-order valence-electron chi connectivity index (χ4n) is 0.710. The quantitative estimate of drug-likeness (QED) is 0.608. The van der Waals surface area contributed by atoms with Gasteiger partial charge in [0.15, 0.2) is 1.41 Å². The van der Waals surface area contributed by atoms with Gasteiger partial charge in [-0.25, -0.2) is 0 Å². The molecule has 0 aromatic rings. The van der Waals surface area contributed by atoms with E-state index >= 15 is 0 Å². The lowest BCUT2D eigenvalue weighted by Crippen LogP contribution is -2.46. The first-order valence-electron chi connectivity index (χ1n) is 4.53. The number of nitrogens with one attached hydrogen (secondary N) is 1. The van der Waals surface area contributed by atoms with Gasteiger partial charge in [0, 0.05) is 0 Å². The molecule has 0 saturated carbocycles. The van der Waals surface area contributed by atoms with Gasteiger partial charge in [-0.1, -0.05) is 0 Å². The van der Waals surface area contributed by atoms with Crippen LogP contribution in [0.5, 0.6) is 0 Å². The summed E-state index contributed by atoms with van der Waals surface area (Å²) in [5, 5.41) is 0.505. The van der Waals surface area contributed by atoms with Crippen molar-refractivity contribution in [3.8, 4) is 0 Å². The van der Waals surface area contributed by atoms with E-state index in [1.165, 1.54) is 6.29 Å². The average Bonchev–Trinajstić information content (AvgIpc) is 2.26. The van der Waals surface area contributed by atoms with E-state index in [2.05, 4.69) is 0 Å². The van der Waals surface area contributed by atoms with Crippen molar-refractivity contribution in [2.24, 2.45) is 5.73 Å². The monoisotopic (exact) mass is 238 g/mol. The number of carbonyl (C=O) groups is 1. The molecule has 0 heterocycles. The molecule has 0 rings (SSSR count). The van der Waals surface area contributed by atoms with Crippen LogP contribution < -0.4 is 11.0 Å². The van der Waals surface area contributed by atoms with E-state index in [0.29, 0.717) is 11.7 Å². The van der Waals surface area contributed by atoms with Crippen molar-refractivity contribution in [1.29, 1.82) is 0 Å². The van der Waals surface area contributed by atoms with Gasteiger partial charge in [0.05, 0.1) is 11.9 Å². The predicted octanol–water partition coefficient (Wildman–Crippen LogP) is -0.0999. The van der Waals surface area contributed by atoms with Gasteiger partial charge in [0.2, 0.25) is 12.2 Å². The molecule has 0 spiro atoms. The van der Waals surface area contributed by atoms with E-state index in [1.807, 2.05) is 6.26 Å². The number of nitrogens with two attached hydrogens (primary N) is 1. The van der Waals surface area contributed by atoms with Crippen molar-refractivity contribution in [1.82, 2.24) is 5.31 Å². The van der Waals surface area contributed by atoms with Gasteiger partial charge in [-0.3, -0.25) is 9.59 Å². The van der Waals surface area contributed by atoms with E-state index in [1.54, 1.807) is 11.8 Å². The molecule has 0 aliphatic carbocycles. The van der Waals surface area contributed by atoms with Crippen LogP contribution in [0.2, 0.25) is 1.41 Å². The molecule has 0 aliphatic rings. The first-order valence-corrected chi connectivity index (χ1v) is 6.01. The van der Waals surface area contributed by atoms with E-state index in [4.69, 9.17) is 18.7 Å². The molecule has 0 bridgehead atoms. The molecule has 0 aromatic carbocycles. The molecule has 6 heteroatoms. The molecule has 1 radical (unpaired) electrons. The van der Waals surface area contributed by atoms with Crippen molar-refractivity contribution < 1.29 is 11.0 Å². The second-order valence-electron chi connectivity index (χ2n) is 2.64. The smallest absolute Gasteiger partial charge is 0.237 e. The highest BCUT2D eigenvalue weighted by atomic mass is 35.5. The van der Waals surface area contributed by atoms with Crippen LogP contribution in [0.15, 0.2) is 0 Å². The molecule has 2 atom stereocenters. The Bertz CT molecular complexity index is 221. The molecule has 3 N–H and O–H groups in total. The Morgan fingerprint density at radius 2 is 2.50 bits per heavy atom. The predicted molar refractivity (Wildman–Crippen MR) is 59.3 cm³/mol. The summed E-state index contributed by atoms with van der Waals surface area (Å²) in [6.45, 7) is 0. The lowest BCUT2D eigenvalue weighted by molar-refractivity contribution is -0.122. The molecule has 0 fully saturated rings. The number of rotatable bonds is 7. The molecular weight excluding hydrogens is 224 g/mol. The Labute approximate surface area is 94.4 Å². The van der Waals surface area contributed by atoms with Gasteiger partial charge in [-0.05, 0) is 18.4 Å². The fraction of sp³-hybridized carbons (Fsp3) is 0.750. The van der Waals surface area contributed by atoms with Crippen LogP contribution >= 0.6 is 23.4 Å². The van der Waals surface area contributed by atoms with Crippen molar-refractivity contribution in [3.05, 3.63) is 0 Å². The van der Waals surface area contributed by atoms with Gasteiger partial charge < -0.3 is 11.0 Å². The first kappa shape index (κ1) is 11.8. The molecule has 0 unspecified atom stereocenters. The van der Waals surface area contributed by atoms with E-state index in [9.17, 15) is 9.59 Å². The zero-order valence-electron chi connectivity index (χ0n) is 8.90. The number of thioether (sulfide) groups is 1. The third-order valence-electron chi connectivity index (χ3n) is 1.52.